The second-order valence-corrected chi connectivity index (χ2v) is 5.07. The van der Waals surface area contributed by atoms with Gasteiger partial charge in [0, 0.05) is 10.5 Å². The van der Waals surface area contributed by atoms with Crippen LogP contribution in [0.4, 0.5) is 20.2 Å². The highest BCUT2D eigenvalue weighted by Crippen LogP contribution is 2.26. The third-order valence-corrected chi connectivity index (χ3v) is 3.20. The molecule has 0 saturated carbocycles. The first-order chi connectivity index (χ1) is 9.92. The first kappa shape index (κ1) is 15.2. The van der Waals surface area contributed by atoms with Gasteiger partial charge >= 0.3 is 0 Å². The van der Waals surface area contributed by atoms with Gasteiger partial charge in [-0.2, -0.15) is 0 Å². The Bertz CT molecular complexity index is 684. The number of halogens is 3. The fourth-order valence-electron chi connectivity index (χ4n) is 1.73. The minimum absolute atomic E-state index is 0.206. The van der Waals surface area contributed by atoms with Crippen molar-refractivity contribution in [3.8, 4) is 5.75 Å². The summed E-state index contributed by atoms with van der Waals surface area (Å²) in [7, 11) is 1.47. The fraction of sp³-hybridized carbons (Fsp3) is 0.0714. The van der Waals surface area contributed by atoms with Crippen molar-refractivity contribution in [2.75, 3.05) is 18.2 Å². The Hall–Kier alpha value is -2.15. The van der Waals surface area contributed by atoms with E-state index in [2.05, 4.69) is 21.2 Å². The monoisotopic (exact) mass is 356 g/mol. The van der Waals surface area contributed by atoms with Crippen LogP contribution in [-0.4, -0.2) is 13.0 Å². The molecule has 2 aromatic rings. The third-order valence-electron chi connectivity index (χ3n) is 2.74. The smallest absolute Gasteiger partial charge is 0.261 e. The molecular weight excluding hydrogens is 346 g/mol. The molecule has 0 aromatic heterocycles. The molecule has 0 radical (unpaired) electrons. The Balaban J connectivity index is 2.30. The van der Waals surface area contributed by atoms with E-state index < -0.39 is 23.1 Å². The molecule has 2 aromatic carbocycles. The van der Waals surface area contributed by atoms with Crippen LogP contribution in [0.15, 0.2) is 34.8 Å². The molecule has 0 aliphatic carbocycles. The zero-order valence-corrected chi connectivity index (χ0v) is 12.5. The number of nitrogens with one attached hydrogen (secondary N) is 1. The summed E-state index contributed by atoms with van der Waals surface area (Å²) in [6.07, 6.45) is 0. The Morgan fingerprint density at radius 3 is 2.38 bits per heavy atom. The molecule has 0 aliphatic rings. The van der Waals surface area contributed by atoms with E-state index in [4.69, 9.17) is 10.5 Å². The van der Waals surface area contributed by atoms with Crippen LogP contribution in [0.3, 0.4) is 0 Å². The van der Waals surface area contributed by atoms with Gasteiger partial charge in [0.25, 0.3) is 5.91 Å². The van der Waals surface area contributed by atoms with Gasteiger partial charge < -0.3 is 15.8 Å². The highest BCUT2D eigenvalue weighted by molar-refractivity contribution is 9.10. The molecule has 0 heterocycles. The molecule has 110 valence electrons. The van der Waals surface area contributed by atoms with E-state index >= 15 is 0 Å². The lowest BCUT2D eigenvalue weighted by molar-refractivity contribution is 0.101. The summed E-state index contributed by atoms with van der Waals surface area (Å²) < 4.78 is 32.6. The SMILES string of the molecule is COc1ccc(NC(=O)c2c(F)cc(Br)cc2F)c(N)c1. The zero-order valence-electron chi connectivity index (χ0n) is 10.9. The molecule has 0 fully saturated rings. The van der Waals surface area contributed by atoms with Crippen LogP contribution in [-0.2, 0) is 0 Å². The van der Waals surface area contributed by atoms with Gasteiger partial charge in [-0.15, -0.1) is 0 Å². The van der Waals surface area contributed by atoms with Crippen molar-refractivity contribution < 1.29 is 18.3 Å². The first-order valence-corrected chi connectivity index (χ1v) is 6.61. The molecule has 21 heavy (non-hydrogen) atoms. The molecule has 0 bridgehead atoms. The quantitative estimate of drug-likeness (QED) is 0.826. The van der Waals surface area contributed by atoms with Crippen molar-refractivity contribution in [3.63, 3.8) is 0 Å². The van der Waals surface area contributed by atoms with Crippen LogP contribution in [0.25, 0.3) is 0 Å². The normalized spacial score (nSPS) is 10.3. The first-order valence-electron chi connectivity index (χ1n) is 5.81. The average Bonchev–Trinajstić information content (AvgIpc) is 2.39. The van der Waals surface area contributed by atoms with E-state index in [0.29, 0.717) is 5.75 Å². The predicted octanol–water partition coefficient (Wildman–Crippen LogP) is 3.57. The number of hydrogen-bond donors (Lipinski definition) is 2. The summed E-state index contributed by atoms with van der Waals surface area (Å²) in [6, 6.07) is 6.57. The topological polar surface area (TPSA) is 64.3 Å². The second kappa shape index (κ2) is 6.09. The summed E-state index contributed by atoms with van der Waals surface area (Å²) >= 11 is 2.94. The minimum Gasteiger partial charge on any atom is -0.497 e. The summed E-state index contributed by atoms with van der Waals surface area (Å²) in [5, 5.41) is 2.36. The molecule has 0 unspecified atom stereocenters. The van der Waals surface area contributed by atoms with Gasteiger partial charge in [0.15, 0.2) is 0 Å². The molecule has 4 nitrogen and oxygen atoms in total. The van der Waals surface area contributed by atoms with Gasteiger partial charge in [-0.3, -0.25) is 4.79 Å². The lowest BCUT2D eigenvalue weighted by Crippen LogP contribution is -2.16. The fourth-order valence-corrected chi connectivity index (χ4v) is 2.13. The molecule has 3 N–H and O–H groups in total. The number of ether oxygens (including phenoxy) is 1. The lowest BCUT2D eigenvalue weighted by atomic mass is 10.1. The van der Waals surface area contributed by atoms with Crippen molar-refractivity contribution in [1.29, 1.82) is 0 Å². The molecule has 0 saturated heterocycles. The van der Waals surface area contributed by atoms with Crippen LogP contribution in [0.2, 0.25) is 0 Å². The van der Waals surface area contributed by atoms with Gasteiger partial charge in [0.2, 0.25) is 0 Å². The van der Waals surface area contributed by atoms with Crippen LogP contribution in [0.1, 0.15) is 10.4 Å². The summed E-state index contributed by atoms with van der Waals surface area (Å²) in [5.74, 6) is -2.35. The number of rotatable bonds is 3. The highest BCUT2D eigenvalue weighted by atomic mass is 79.9. The van der Waals surface area contributed by atoms with Gasteiger partial charge in [-0.05, 0) is 24.3 Å². The van der Waals surface area contributed by atoms with E-state index in [9.17, 15) is 13.6 Å². The number of amides is 1. The van der Waals surface area contributed by atoms with E-state index in [-0.39, 0.29) is 15.8 Å². The molecule has 0 spiro atoms. The highest BCUT2D eigenvalue weighted by Gasteiger charge is 2.19. The van der Waals surface area contributed by atoms with Crippen LogP contribution in [0, 0.1) is 11.6 Å². The van der Waals surface area contributed by atoms with Crippen LogP contribution in [0.5, 0.6) is 5.75 Å². The zero-order chi connectivity index (χ0) is 15.6. The number of carbonyl (C=O) groups is 1. The molecule has 0 aliphatic heterocycles. The molecule has 7 heteroatoms. The summed E-state index contributed by atoms with van der Waals surface area (Å²) in [5.41, 5.74) is 5.52. The maximum atomic E-state index is 13.7. The Labute approximate surface area is 128 Å². The van der Waals surface area contributed by atoms with E-state index in [1.807, 2.05) is 0 Å². The number of anilines is 2. The summed E-state index contributed by atoms with van der Waals surface area (Å²) in [4.78, 5) is 12.0. The Kier molecular flexibility index (Phi) is 4.42. The number of nitrogen functional groups attached to an aromatic ring is 1. The average molecular weight is 357 g/mol. The second-order valence-electron chi connectivity index (χ2n) is 4.15. The largest absolute Gasteiger partial charge is 0.497 e. The van der Waals surface area contributed by atoms with Gasteiger partial charge in [0.05, 0.1) is 18.5 Å². The number of benzene rings is 2. The lowest BCUT2D eigenvalue weighted by Gasteiger charge is -2.11. The molecule has 2 rings (SSSR count). The molecule has 0 atom stereocenters. The number of methoxy groups -OCH3 is 1. The van der Waals surface area contributed by atoms with Crippen molar-refractivity contribution >= 4 is 33.2 Å². The standard InChI is InChI=1S/C14H11BrF2N2O2/c1-21-8-2-3-12(11(18)6-8)19-14(20)13-9(16)4-7(15)5-10(13)17/h2-6H,18H2,1H3,(H,19,20). The van der Waals surface area contributed by atoms with Crippen molar-refractivity contribution in [1.82, 2.24) is 0 Å². The van der Waals surface area contributed by atoms with Crippen molar-refractivity contribution in [3.05, 3.63) is 52.0 Å². The summed E-state index contributed by atoms with van der Waals surface area (Å²) in [6.45, 7) is 0. The Morgan fingerprint density at radius 2 is 1.86 bits per heavy atom. The van der Waals surface area contributed by atoms with Gasteiger partial charge in [-0.25, -0.2) is 8.78 Å². The van der Waals surface area contributed by atoms with Gasteiger partial charge in [0.1, 0.15) is 22.9 Å². The van der Waals surface area contributed by atoms with E-state index in [1.54, 1.807) is 6.07 Å². The van der Waals surface area contributed by atoms with Crippen molar-refractivity contribution in [2.45, 2.75) is 0 Å². The number of hydrogen-bond acceptors (Lipinski definition) is 3. The van der Waals surface area contributed by atoms with E-state index in [0.717, 1.165) is 12.1 Å². The van der Waals surface area contributed by atoms with Gasteiger partial charge in [-0.1, -0.05) is 15.9 Å². The van der Waals surface area contributed by atoms with E-state index in [1.165, 1.54) is 19.2 Å². The van der Waals surface area contributed by atoms with Crippen LogP contribution >= 0.6 is 15.9 Å². The number of nitrogens with two attached hydrogens (primary N) is 1. The maximum Gasteiger partial charge on any atom is 0.261 e. The maximum absolute atomic E-state index is 13.7. The third kappa shape index (κ3) is 3.30. The van der Waals surface area contributed by atoms with Crippen molar-refractivity contribution in [2.24, 2.45) is 0 Å². The Morgan fingerprint density at radius 1 is 1.24 bits per heavy atom. The predicted molar refractivity (Wildman–Crippen MR) is 79.4 cm³/mol. The van der Waals surface area contributed by atoms with Crippen LogP contribution < -0.4 is 15.8 Å². The number of carbonyl (C=O) groups excluding carboxylic acids is 1. The minimum atomic E-state index is -0.966. The molecular formula is C14H11BrF2N2O2. The molecule has 1 amide bonds.